The molecule has 0 aliphatic heterocycles. The van der Waals surface area contributed by atoms with Crippen LogP contribution in [0.25, 0.3) is 0 Å². The van der Waals surface area contributed by atoms with Gasteiger partial charge in [-0.15, -0.1) is 0 Å². The van der Waals surface area contributed by atoms with Crippen molar-refractivity contribution in [2.75, 3.05) is 0 Å². The Hall–Kier alpha value is -1.61. The molecule has 0 N–H and O–H groups in total. The molecule has 23 heavy (non-hydrogen) atoms. The molecule has 0 aliphatic carbocycles. The molecule has 1 aromatic rings. The van der Waals surface area contributed by atoms with Crippen molar-refractivity contribution in [2.24, 2.45) is 0 Å². The van der Waals surface area contributed by atoms with Gasteiger partial charge >= 0.3 is 0 Å². The molecule has 0 bridgehead atoms. The molecule has 0 saturated carbocycles. The van der Waals surface area contributed by atoms with Crippen LogP contribution in [0.1, 0.15) is 47.0 Å². The Kier molecular flexibility index (Phi) is 8.04. The topological polar surface area (TPSA) is 34.1 Å². The molecule has 0 saturated heterocycles. The van der Waals surface area contributed by atoms with Crippen molar-refractivity contribution in [1.29, 1.82) is 0 Å². The van der Waals surface area contributed by atoms with Gasteiger partial charge in [-0.3, -0.25) is 0 Å². The van der Waals surface area contributed by atoms with E-state index in [4.69, 9.17) is 0 Å². The molecule has 1 unspecified atom stereocenters. The molecular formula is C20H28O2S. The van der Waals surface area contributed by atoms with Crippen molar-refractivity contribution < 1.29 is 8.42 Å². The molecular weight excluding hydrogens is 304 g/mol. The third-order valence-corrected chi connectivity index (χ3v) is 5.69. The summed E-state index contributed by atoms with van der Waals surface area (Å²) in [5, 5.41) is -0.507. The molecule has 0 amide bonds. The number of benzene rings is 1. The van der Waals surface area contributed by atoms with E-state index in [9.17, 15) is 8.42 Å². The predicted molar refractivity (Wildman–Crippen MR) is 99.3 cm³/mol. The van der Waals surface area contributed by atoms with Gasteiger partial charge in [0.1, 0.15) is 0 Å². The summed E-state index contributed by atoms with van der Waals surface area (Å²) in [4.78, 5) is 0.392. The fourth-order valence-corrected chi connectivity index (χ4v) is 3.99. The van der Waals surface area contributed by atoms with Gasteiger partial charge in [-0.25, -0.2) is 8.42 Å². The Balaban J connectivity index is 3.02. The van der Waals surface area contributed by atoms with Crippen LogP contribution in [0, 0.1) is 0 Å². The largest absolute Gasteiger partial charge is 0.223 e. The standard InChI is InChI=1S/C20H28O2S/c1-5-6-13-20(16-18(4)12-10-11-17(2)3)23(21,22)19-14-8-7-9-15-19/h5-9,11,14-16,20H,10,12-13H2,1-4H3/b6-5+,18-16+. The first-order chi connectivity index (χ1) is 10.9. The highest BCUT2D eigenvalue weighted by Gasteiger charge is 2.24. The van der Waals surface area contributed by atoms with Crippen molar-refractivity contribution in [3.63, 3.8) is 0 Å². The summed E-state index contributed by atoms with van der Waals surface area (Å²) in [5.41, 5.74) is 2.41. The summed E-state index contributed by atoms with van der Waals surface area (Å²) in [5.74, 6) is 0. The summed E-state index contributed by atoms with van der Waals surface area (Å²) in [6.07, 6.45) is 10.3. The maximum Gasteiger partial charge on any atom is 0.185 e. The van der Waals surface area contributed by atoms with Crippen molar-refractivity contribution >= 4 is 9.84 Å². The van der Waals surface area contributed by atoms with Crippen LogP contribution in [-0.4, -0.2) is 13.7 Å². The number of allylic oxidation sites excluding steroid dienone is 5. The van der Waals surface area contributed by atoms with Gasteiger partial charge in [-0.1, -0.05) is 53.6 Å². The molecule has 3 heteroatoms. The van der Waals surface area contributed by atoms with Crippen LogP contribution in [-0.2, 0) is 9.84 Å². The molecule has 0 heterocycles. The molecule has 1 rings (SSSR count). The van der Waals surface area contributed by atoms with Crippen molar-refractivity contribution in [3.05, 3.63) is 65.8 Å². The van der Waals surface area contributed by atoms with Gasteiger partial charge in [-0.05, 0) is 59.1 Å². The molecule has 1 atom stereocenters. The first-order valence-corrected chi connectivity index (χ1v) is 9.63. The van der Waals surface area contributed by atoms with Crippen molar-refractivity contribution in [3.8, 4) is 0 Å². The number of rotatable bonds is 8. The highest BCUT2D eigenvalue weighted by atomic mass is 32.2. The second-order valence-corrected chi connectivity index (χ2v) is 8.20. The lowest BCUT2D eigenvalue weighted by molar-refractivity contribution is 0.588. The highest BCUT2D eigenvalue weighted by molar-refractivity contribution is 7.92. The fourth-order valence-electron chi connectivity index (χ4n) is 2.33. The first-order valence-electron chi connectivity index (χ1n) is 8.08. The minimum atomic E-state index is -3.35. The lowest BCUT2D eigenvalue weighted by atomic mass is 10.1. The lowest BCUT2D eigenvalue weighted by Gasteiger charge is -2.14. The van der Waals surface area contributed by atoms with Gasteiger partial charge < -0.3 is 0 Å². The van der Waals surface area contributed by atoms with Crippen LogP contribution < -0.4 is 0 Å². The summed E-state index contributed by atoms with van der Waals surface area (Å²) in [7, 11) is -3.35. The van der Waals surface area contributed by atoms with Gasteiger partial charge in [0.15, 0.2) is 9.84 Å². The van der Waals surface area contributed by atoms with Gasteiger partial charge in [0.25, 0.3) is 0 Å². The summed E-state index contributed by atoms with van der Waals surface area (Å²) in [6.45, 7) is 8.08. The van der Waals surface area contributed by atoms with Crippen molar-refractivity contribution in [1.82, 2.24) is 0 Å². The smallest absolute Gasteiger partial charge is 0.185 e. The van der Waals surface area contributed by atoms with E-state index in [0.717, 1.165) is 18.4 Å². The van der Waals surface area contributed by atoms with Gasteiger partial charge in [0.2, 0.25) is 0 Å². The Labute approximate surface area is 141 Å². The quantitative estimate of drug-likeness (QED) is 0.590. The van der Waals surface area contributed by atoms with Crippen molar-refractivity contribution in [2.45, 2.75) is 57.1 Å². The predicted octanol–water partition coefficient (Wildman–Crippen LogP) is 5.49. The molecule has 0 aromatic heterocycles. The first kappa shape index (κ1) is 19.4. The van der Waals surface area contributed by atoms with Gasteiger partial charge in [0, 0.05) is 0 Å². The monoisotopic (exact) mass is 332 g/mol. The van der Waals surface area contributed by atoms with E-state index in [0.29, 0.717) is 11.3 Å². The van der Waals surface area contributed by atoms with Gasteiger partial charge in [-0.2, -0.15) is 0 Å². The normalized spacial score (nSPS) is 14.0. The van der Waals surface area contributed by atoms with E-state index < -0.39 is 15.1 Å². The maximum atomic E-state index is 12.9. The van der Waals surface area contributed by atoms with Crippen LogP contribution in [0.3, 0.4) is 0 Å². The average molecular weight is 333 g/mol. The highest BCUT2D eigenvalue weighted by Crippen LogP contribution is 2.22. The van der Waals surface area contributed by atoms with E-state index in [1.807, 2.05) is 38.1 Å². The zero-order chi connectivity index (χ0) is 17.3. The zero-order valence-corrected chi connectivity index (χ0v) is 15.4. The number of sulfone groups is 1. The third kappa shape index (κ3) is 6.57. The summed E-state index contributed by atoms with van der Waals surface area (Å²) >= 11 is 0. The molecule has 1 aromatic carbocycles. The lowest BCUT2D eigenvalue weighted by Crippen LogP contribution is -2.19. The minimum absolute atomic E-state index is 0.392. The van der Waals surface area contributed by atoms with E-state index in [2.05, 4.69) is 19.9 Å². The maximum absolute atomic E-state index is 12.9. The SMILES string of the molecule is C/C=C/CC(/C=C(\C)CCC=C(C)C)S(=O)(=O)c1ccccc1. The summed E-state index contributed by atoms with van der Waals surface area (Å²) < 4.78 is 25.7. The summed E-state index contributed by atoms with van der Waals surface area (Å²) in [6, 6.07) is 8.71. The Morgan fingerprint density at radius 1 is 1.13 bits per heavy atom. The molecule has 0 spiro atoms. The van der Waals surface area contributed by atoms with E-state index >= 15 is 0 Å². The third-order valence-electron chi connectivity index (χ3n) is 3.64. The second kappa shape index (κ2) is 9.51. The van der Waals surface area contributed by atoms with E-state index in [-0.39, 0.29) is 0 Å². The minimum Gasteiger partial charge on any atom is -0.223 e. The van der Waals surface area contributed by atoms with Crippen LogP contribution in [0.4, 0.5) is 0 Å². The fraction of sp³-hybridized carbons (Fsp3) is 0.400. The number of hydrogen-bond donors (Lipinski definition) is 0. The Bertz CT molecular complexity index is 661. The molecule has 0 fully saturated rings. The van der Waals surface area contributed by atoms with E-state index in [1.165, 1.54) is 5.57 Å². The van der Waals surface area contributed by atoms with Crippen LogP contribution >= 0.6 is 0 Å². The second-order valence-electron chi connectivity index (χ2n) is 6.03. The molecule has 0 radical (unpaired) electrons. The molecule has 0 aliphatic rings. The number of hydrogen-bond acceptors (Lipinski definition) is 2. The van der Waals surface area contributed by atoms with Crippen LogP contribution in [0.15, 0.2) is 70.7 Å². The molecule has 2 nitrogen and oxygen atoms in total. The zero-order valence-electron chi connectivity index (χ0n) is 14.6. The average Bonchev–Trinajstić information content (AvgIpc) is 2.51. The Morgan fingerprint density at radius 2 is 1.78 bits per heavy atom. The van der Waals surface area contributed by atoms with Crippen LogP contribution in [0.2, 0.25) is 0 Å². The molecule has 126 valence electrons. The Morgan fingerprint density at radius 3 is 2.35 bits per heavy atom. The van der Waals surface area contributed by atoms with Crippen LogP contribution in [0.5, 0.6) is 0 Å². The van der Waals surface area contributed by atoms with E-state index in [1.54, 1.807) is 24.3 Å². The van der Waals surface area contributed by atoms with Gasteiger partial charge in [0.05, 0.1) is 10.1 Å².